The molecular weight excluding hydrogens is 390 g/mol. The summed E-state index contributed by atoms with van der Waals surface area (Å²) >= 11 is 0. The minimum Gasteiger partial charge on any atom is -0.496 e. The lowest BCUT2D eigenvalue weighted by atomic mass is 9.74. The molecular formula is C22H21NO7. The summed E-state index contributed by atoms with van der Waals surface area (Å²) in [5.74, 6) is -1.11. The molecule has 0 saturated carbocycles. The molecule has 0 saturated heterocycles. The van der Waals surface area contributed by atoms with Crippen LogP contribution in [0.5, 0.6) is 23.0 Å². The van der Waals surface area contributed by atoms with Gasteiger partial charge >= 0.3 is 5.97 Å². The highest BCUT2D eigenvalue weighted by atomic mass is 16.5. The second-order valence-electron chi connectivity index (χ2n) is 6.53. The Hall–Kier alpha value is -3.73. The zero-order valence-corrected chi connectivity index (χ0v) is 17.5. The Morgan fingerprint density at radius 2 is 1.57 bits per heavy atom. The number of hydrogen-bond donors (Lipinski definition) is 0. The van der Waals surface area contributed by atoms with Crippen molar-refractivity contribution in [2.45, 2.75) is 12.8 Å². The molecule has 8 heteroatoms. The SMILES string of the molecule is COC(=O)c1c(OC)cc2c(c1OC)C(=O)c1c(OC)cc(OC)c(C)c1C2C#N. The zero-order chi connectivity index (χ0) is 22.2. The predicted molar refractivity (Wildman–Crippen MR) is 106 cm³/mol. The van der Waals surface area contributed by atoms with E-state index in [9.17, 15) is 14.9 Å². The van der Waals surface area contributed by atoms with Crippen molar-refractivity contribution in [2.75, 3.05) is 35.5 Å². The molecule has 8 nitrogen and oxygen atoms in total. The molecule has 0 spiro atoms. The number of hydrogen-bond acceptors (Lipinski definition) is 8. The predicted octanol–water partition coefficient (Wildman–Crippen LogP) is 3.02. The molecule has 2 aromatic rings. The molecule has 156 valence electrons. The first-order valence-electron chi connectivity index (χ1n) is 8.96. The summed E-state index contributed by atoms with van der Waals surface area (Å²) in [6.45, 7) is 1.77. The smallest absolute Gasteiger partial charge is 0.345 e. The van der Waals surface area contributed by atoms with E-state index in [0.717, 1.165) is 0 Å². The first kappa shape index (κ1) is 21.0. The van der Waals surface area contributed by atoms with Gasteiger partial charge in [0.1, 0.15) is 28.6 Å². The number of rotatable bonds is 5. The minimum absolute atomic E-state index is 0.0115. The van der Waals surface area contributed by atoms with Gasteiger partial charge in [-0.1, -0.05) is 0 Å². The maximum absolute atomic E-state index is 13.6. The normalized spacial score (nSPS) is 14.2. The average Bonchev–Trinajstić information content (AvgIpc) is 2.77. The van der Waals surface area contributed by atoms with E-state index in [0.29, 0.717) is 22.4 Å². The van der Waals surface area contributed by atoms with Crippen LogP contribution in [0.3, 0.4) is 0 Å². The quantitative estimate of drug-likeness (QED) is 0.692. The Kier molecular flexibility index (Phi) is 5.56. The number of benzene rings is 2. The fourth-order valence-electron chi connectivity index (χ4n) is 3.91. The van der Waals surface area contributed by atoms with Crippen LogP contribution in [0, 0.1) is 18.3 Å². The fourth-order valence-corrected chi connectivity index (χ4v) is 3.91. The number of carbonyl (C=O) groups excluding carboxylic acids is 2. The highest BCUT2D eigenvalue weighted by Gasteiger charge is 2.41. The standard InChI is InChI=1S/C22H21NO7/c1-10-13(26-2)8-15(28-4)18-16(10)12(9-23)11-7-14(27-3)19(22(25)30-6)21(29-5)17(11)20(18)24/h7-8,12H,1-6H3. The van der Waals surface area contributed by atoms with Crippen LogP contribution in [0.2, 0.25) is 0 Å². The van der Waals surface area contributed by atoms with E-state index in [4.69, 9.17) is 23.7 Å². The topological polar surface area (TPSA) is 104 Å². The molecule has 1 unspecified atom stereocenters. The van der Waals surface area contributed by atoms with Gasteiger partial charge in [-0.25, -0.2) is 4.79 Å². The largest absolute Gasteiger partial charge is 0.496 e. The third-order valence-corrected chi connectivity index (χ3v) is 5.26. The summed E-state index contributed by atoms with van der Waals surface area (Å²) in [6, 6.07) is 5.36. The van der Waals surface area contributed by atoms with Crippen LogP contribution in [-0.2, 0) is 4.74 Å². The molecule has 2 aromatic carbocycles. The molecule has 30 heavy (non-hydrogen) atoms. The lowest BCUT2D eigenvalue weighted by molar-refractivity contribution is 0.0593. The van der Waals surface area contributed by atoms with E-state index in [2.05, 4.69) is 6.07 Å². The summed E-state index contributed by atoms with van der Waals surface area (Å²) in [6.07, 6.45) is 0. The molecule has 0 radical (unpaired) electrons. The maximum Gasteiger partial charge on any atom is 0.345 e. The van der Waals surface area contributed by atoms with Crippen LogP contribution in [0.1, 0.15) is 48.9 Å². The van der Waals surface area contributed by atoms with E-state index in [1.54, 1.807) is 13.0 Å². The van der Waals surface area contributed by atoms with Crippen LogP contribution in [0.25, 0.3) is 0 Å². The molecule has 0 aromatic heterocycles. The second kappa shape index (κ2) is 7.95. The number of carbonyl (C=O) groups is 2. The van der Waals surface area contributed by atoms with Gasteiger partial charge in [-0.3, -0.25) is 4.79 Å². The molecule has 0 aliphatic heterocycles. The summed E-state index contributed by atoms with van der Waals surface area (Å²) in [4.78, 5) is 26.1. The van der Waals surface area contributed by atoms with Crippen molar-refractivity contribution in [3.8, 4) is 29.1 Å². The third kappa shape index (κ3) is 2.82. The van der Waals surface area contributed by atoms with E-state index >= 15 is 0 Å². The van der Waals surface area contributed by atoms with Gasteiger partial charge in [-0.15, -0.1) is 0 Å². The van der Waals surface area contributed by atoms with E-state index in [1.807, 2.05) is 0 Å². The maximum atomic E-state index is 13.6. The monoisotopic (exact) mass is 411 g/mol. The van der Waals surface area contributed by atoms with Crippen LogP contribution in [-0.4, -0.2) is 47.3 Å². The summed E-state index contributed by atoms with van der Waals surface area (Å²) in [5.41, 5.74) is 1.80. The first-order chi connectivity index (χ1) is 14.4. The second-order valence-corrected chi connectivity index (χ2v) is 6.53. The number of nitriles is 1. The molecule has 0 N–H and O–H groups in total. The molecule has 1 aliphatic carbocycles. The van der Waals surface area contributed by atoms with Crippen molar-refractivity contribution in [3.63, 3.8) is 0 Å². The minimum atomic E-state index is -0.841. The summed E-state index contributed by atoms with van der Waals surface area (Å²) in [7, 11) is 6.87. The lowest BCUT2D eigenvalue weighted by Gasteiger charge is -2.29. The lowest BCUT2D eigenvalue weighted by Crippen LogP contribution is -2.24. The number of fused-ring (bicyclic) bond motifs is 2. The van der Waals surface area contributed by atoms with Gasteiger partial charge in [-0.2, -0.15) is 5.26 Å². The first-order valence-corrected chi connectivity index (χ1v) is 8.96. The Morgan fingerprint density at radius 3 is 2.07 bits per heavy atom. The highest BCUT2D eigenvalue weighted by molar-refractivity contribution is 6.18. The van der Waals surface area contributed by atoms with E-state index in [-0.39, 0.29) is 33.9 Å². The highest BCUT2D eigenvalue weighted by Crippen LogP contribution is 2.49. The van der Waals surface area contributed by atoms with Crippen molar-refractivity contribution in [1.82, 2.24) is 0 Å². The van der Waals surface area contributed by atoms with Gasteiger partial charge in [0, 0.05) is 6.07 Å². The molecule has 3 rings (SSSR count). The van der Waals surface area contributed by atoms with Gasteiger partial charge in [0.2, 0.25) is 5.78 Å². The Morgan fingerprint density at radius 1 is 0.933 bits per heavy atom. The molecule has 0 heterocycles. The molecule has 0 fully saturated rings. The zero-order valence-electron chi connectivity index (χ0n) is 17.5. The Bertz CT molecular complexity index is 1100. The summed E-state index contributed by atoms with van der Waals surface area (Å²) in [5, 5.41) is 10.1. The van der Waals surface area contributed by atoms with Gasteiger partial charge in [0.15, 0.2) is 0 Å². The van der Waals surface area contributed by atoms with E-state index in [1.165, 1.54) is 41.6 Å². The average molecular weight is 411 g/mol. The summed E-state index contributed by atoms with van der Waals surface area (Å²) < 4.78 is 26.5. The number of nitrogens with zero attached hydrogens (tertiary/aromatic N) is 1. The number of methoxy groups -OCH3 is 5. The Labute approximate surface area is 173 Å². The van der Waals surface area contributed by atoms with Crippen molar-refractivity contribution >= 4 is 11.8 Å². The number of ketones is 1. The fraction of sp³-hybridized carbons (Fsp3) is 0.318. The van der Waals surface area contributed by atoms with Crippen LogP contribution >= 0.6 is 0 Å². The van der Waals surface area contributed by atoms with Gasteiger partial charge in [0.25, 0.3) is 0 Å². The van der Waals surface area contributed by atoms with Crippen molar-refractivity contribution in [3.05, 3.63) is 45.5 Å². The molecule has 0 amide bonds. The van der Waals surface area contributed by atoms with Crippen LogP contribution in [0.4, 0.5) is 0 Å². The molecule has 1 aliphatic rings. The van der Waals surface area contributed by atoms with Gasteiger partial charge < -0.3 is 23.7 Å². The number of esters is 1. The molecule has 0 bridgehead atoms. The van der Waals surface area contributed by atoms with Crippen molar-refractivity contribution < 1.29 is 33.3 Å². The molecule has 1 atom stereocenters. The van der Waals surface area contributed by atoms with Crippen LogP contribution in [0.15, 0.2) is 12.1 Å². The van der Waals surface area contributed by atoms with Gasteiger partial charge in [-0.05, 0) is 29.7 Å². The van der Waals surface area contributed by atoms with Crippen LogP contribution < -0.4 is 18.9 Å². The van der Waals surface area contributed by atoms with Gasteiger partial charge in [0.05, 0.1) is 58.7 Å². The Balaban J connectivity index is 2.49. The van der Waals surface area contributed by atoms with Crippen molar-refractivity contribution in [2.24, 2.45) is 0 Å². The number of ether oxygens (including phenoxy) is 5. The van der Waals surface area contributed by atoms with E-state index < -0.39 is 17.7 Å². The third-order valence-electron chi connectivity index (χ3n) is 5.26. The van der Waals surface area contributed by atoms with Crippen molar-refractivity contribution in [1.29, 1.82) is 5.26 Å².